The van der Waals surface area contributed by atoms with E-state index in [2.05, 4.69) is 5.16 Å². The molecule has 3 aromatic rings. The van der Waals surface area contributed by atoms with Gasteiger partial charge >= 0.3 is 0 Å². The maximum atomic E-state index is 11.5. The Hall–Kier alpha value is -2.25. The lowest BCUT2D eigenvalue weighted by atomic mass is 10.2. The molecule has 0 bridgehead atoms. The number of oxime groups is 1. The zero-order valence-corrected chi connectivity index (χ0v) is 18.5. The van der Waals surface area contributed by atoms with Crippen molar-refractivity contribution in [1.29, 1.82) is 0 Å². The molecule has 0 amide bonds. The second-order valence-electron chi connectivity index (χ2n) is 6.11. The lowest BCUT2D eigenvalue weighted by Crippen LogP contribution is -1.95. The largest absolute Gasteiger partial charge is 0.391 e. The summed E-state index contributed by atoms with van der Waals surface area (Å²) in [4.78, 5) is 16.9. The molecule has 0 N–H and O–H groups in total. The lowest BCUT2D eigenvalue weighted by molar-refractivity contribution is -0.387. The van der Waals surface area contributed by atoms with Crippen molar-refractivity contribution in [3.63, 3.8) is 0 Å². The Balaban J connectivity index is 1.66. The van der Waals surface area contributed by atoms with Crippen LogP contribution in [0.15, 0.2) is 70.7 Å². The number of nitrogens with zero attached hydrogens (tertiary/aromatic N) is 2. The quantitative estimate of drug-likeness (QED) is 0.145. The molecule has 0 saturated carbocycles. The van der Waals surface area contributed by atoms with E-state index in [0.717, 1.165) is 5.56 Å². The molecule has 0 aliphatic carbocycles. The van der Waals surface area contributed by atoms with Crippen LogP contribution in [0.1, 0.15) is 16.7 Å². The summed E-state index contributed by atoms with van der Waals surface area (Å²) in [5.41, 5.74) is 2.20. The second kappa shape index (κ2) is 10.7. The fraction of sp³-hybridized carbons (Fsp3) is 0.0952. The van der Waals surface area contributed by atoms with E-state index in [1.54, 1.807) is 42.5 Å². The van der Waals surface area contributed by atoms with Crippen molar-refractivity contribution >= 4 is 58.5 Å². The zero-order chi connectivity index (χ0) is 21.5. The van der Waals surface area contributed by atoms with Crippen LogP contribution < -0.4 is 0 Å². The van der Waals surface area contributed by atoms with Crippen molar-refractivity contribution in [2.75, 3.05) is 0 Å². The summed E-state index contributed by atoms with van der Waals surface area (Å²) in [6.07, 6.45) is 1.41. The summed E-state index contributed by atoms with van der Waals surface area (Å²) in [6.45, 7) is 0.0894. The van der Waals surface area contributed by atoms with E-state index in [-0.39, 0.29) is 12.3 Å². The van der Waals surface area contributed by atoms with Gasteiger partial charge in [-0.25, -0.2) is 0 Å². The predicted octanol–water partition coefficient (Wildman–Crippen LogP) is 7.40. The Kier molecular flexibility index (Phi) is 7.99. The van der Waals surface area contributed by atoms with Gasteiger partial charge in [0.05, 0.1) is 16.0 Å². The number of nitro benzene ring substituents is 1. The minimum atomic E-state index is -0.411. The molecule has 0 heterocycles. The third-order valence-corrected chi connectivity index (χ3v) is 6.13. The summed E-state index contributed by atoms with van der Waals surface area (Å²) in [5.74, 6) is 0.590. The predicted molar refractivity (Wildman–Crippen MR) is 123 cm³/mol. The van der Waals surface area contributed by atoms with Gasteiger partial charge in [-0.05, 0) is 35.9 Å². The van der Waals surface area contributed by atoms with Gasteiger partial charge < -0.3 is 4.84 Å². The first kappa shape index (κ1) is 22.4. The van der Waals surface area contributed by atoms with Crippen LogP contribution in [0.25, 0.3) is 0 Å². The minimum Gasteiger partial charge on any atom is -0.391 e. The van der Waals surface area contributed by atoms with E-state index in [0.29, 0.717) is 36.8 Å². The molecule has 0 aromatic heterocycles. The number of hydrogen-bond donors (Lipinski definition) is 0. The van der Waals surface area contributed by atoms with Crippen molar-refractivity contribution in [1.82, 2.24) is 0 Å². The molecule has 5 nitrogen and oxygen atoms in total. The summed E-state index contributed by atoms with van der Waals surface area (Å²) < 4.78 is 0. The molecule has 30 heavy (non-hydrogen) atoms. The first-order valence-electron chi connectivity index (χ1n) is 8.68. The number of rotatable bonds is 8. The van der Waals surface area contributed by atoms with Crippen molar-refractivity contribution in [3.8, 4) is 0 Å². The number of halogens is 3. The highest BCUT2D eigenvalue weighted by Gasteiger charge is 2.15. The van der Waals surface area contributed by atoms with Crippen LogP contribution in [-0.2, 0) is 17.2 Å². The molecular weight excluding hydrogens is 467 g/mol. The van der Waals surface area contributed by atoms with Gasteiger partial charge in [-0.1, -0.05) is 64.2 Å². The van der Waals surface area contributed by atoms with Crippen molar-refractivity contribution in [3.05, 3.63) is 103 Å². The molecule has 0 aliphatic heterocycles. The molecule has 9 heteroatoms. The maximum absolute atomic E-state index is 11.5. The van der Waals surface area contributed by atoms with Crippen LogP contribution in [0, 0.1) is 10.1 Å². The Labute approximate surface area is 192 Å². The smallest absolute Gasteiger partial charge is 0.283 e. The number of nitro groups is 1. The highest BCUT2D eigenvalue weighted by Crippen LogP contribution is 2.32. The topological polar surface area (TPSA) is 64.7 Å². The highest BCUT2D eigenvalue weighted by atomic mass is 35.5. The Morgan fingerprint density at radius 3 is 2.40 bits per heavy atom. The number of hydrogen-bond acceptors (Lipinski definition) is 5. The standard InChI is InChI=1S/C21H15Cl3N2O3S/c22-16-7-4-14(5-8-16)13-30-21-9-6-15(10-20(21)26(27)28)11-25-29-12-17-18(23)2-1-3-19(17)24/h1-11H,12-13H2. The van der Waals surface area contributed by atoms with Gasteiger partial charge in [-0.3, -0.25) is 10.1 Å². The maximum Gasteiger partial charge on any atom is 0.283 e. The Morgan fingerprint density at radius 2 is 1.73 bits per heavy atom. The molecule has 0 fully saturated rings. The molecule has 0 unspecified atom stereocenters. The molecule has 3 aromatic carbocycles. The molecule has 0 atom stereocenters. The van der Waals surface area contributed by atoms with Crippen LogP contribution in [0.3, 0.4) is 0 Å². The van der Waals surface area contributed by atoms with Gasteiger partial charge in [0.25, 0.3) is 5.69 Å². The zero-order valence-electron chi connectivity index (χ0n) is 15.4. The molecule has 154 valence electrons. The van der Waals surface area contributed by atoms with E-state index in [4.69, 9.17) is 39.6 Å². The SMILES string of the molecule is O=[N+]([O-])c1cc(C=NOCc2c(Cl)cccc2Cl)ccc1SCc1ccc(Cl)cc1. The van der Waals surface area contributed by atoms with Gasteiger partial charge in [-0.2, -0.15) is 0 Å². The molecule has 3 rings (SSSR count). The van der Waals surface area contributed by atoms with Gasteiger partial charge in [-0.15, -0.1) is 11.8 Å². The van der Waals surface area contributed by atoms with Crippen LogP contribution in [0.4, 0.5) is 5.69 Å². The average Bonchev–Trinajstić information content (AvgIpc) is 2.72. The van der Waals surface area contributed by atoms with Crippen molar-refractivity contribution < 1.29 is 9.76 Å². The lowest BCUT2D eigenvalue weighted by Gasteiger charge is -2.06. The molecule has 0 radical (unpaired) electrons. The minimum absolute atomic E-state index is 0.00654. The fourth-order valence-electron chi connectivity index (χ4n) is 2.49. The third kappa shape index (κ3) is 6.12. The molecule has 0 spiro atoms. The van der Waals surface area contributed by atoms with Gasteiger partial charge in [0.1, 0.15) is 6.61 Å². The van der Waals surface area contributed by atoms with Gasteiger partial charge in [0.15, 0.2) is 0 Å². The van der Waals surface area contributed by atoms with E-state index < -0.39 is 4.92 Å². The van der Waals surface area contributed by atoms with Crippen LogP contribution in [-0.4, -0.2) is 11.1 Å². The van der Waals surface area contributed by atoms with Gasteiger partial charge in [0.2, 0.25) is 0 Å². The summed E-state index contributed by atoms with van der Waals surface area (Å²) in [6, 6.07) is 17.4. The normalized spacial score (nSPS) is 11.0. The first-order valence-corrected chi connectivity index (χ1v) is 10.8. The first-order chi connectivity index (χ1) is 14.4. The van der Waals surface area contributed by atoms with E-state index >= 15 is 0 Å². The van der Waals surface area contributed by atoms with E-state index in [1.165, 1.54) is 24.0 Å². The van der Waals surface area contributed by atoms with Crippen LogP contribution >= 0.6 is 46.6 Å². The molecular formula is C21H15Cl3N2O3S. The highest BCUT2D eigenvalue weighted by molar-refractivity contribution is 7.98. The summed E-state index contributed by atoms with van der Waals surface area (Å²) in [7, 11) is 0. The Bertz CT molecular complexity index is 1060. The van der Waals surface area contributed by atoms with Crippen LogP contribution in [0.2, 0.25) is 15.1 Å². The van der Waals surface area contributed by atoms with E-state index in [9.17, 15) is 10.1 Å². The third-order valence-electron chi connectivity index (χ3n) is 4.03. The van der Waals surface area contributed by atoms with Crippen LogP contribution in [0.5, 0.6) is 0 Å². The molecule has 0 saturated heterocycles. The number of thioether (sulfide) groups is 1. The van der Waals surface area contributed by atoms with E-state index in [1.807, 2.05) is 12.1 Å². The average molecular weight is 482 g/mol. The summed E-state index contributed by atoms with van der Waals surface area (Å²) >= 11 is 19.4. The van der Waals surface area contributed by atoms with Gasteiger partial charge in [0, 0.05) is 38.0 Å². The Morgan fingerprint density at radius 1 is 1.03 bits per heavy atom. The second-order valence-corrected chi connectivity index (χ2v) is 8.38. The van der Waals surface area contributed by atoms with Crippen molar-refractivity contribution in [2.24, 2.45) is 5.16 Å². The monoisotopic (exact) mass is 480 g/mol. The molecule has 0 aliphatic rings. The number of benzene rings is 3. The summed E-state index contributed by atoms with van der Waals surface area (Å²) in [5, 5.41) is 17.0. The fourth-order valence-corrected chi connectivity index (χ4v) is 4.08. The van der Waals surface area contributed by atoms with Crippen molar-refractivity contribution in [2.45, 2.75) is 17.3 Å².